The summed E-state index contributed by atoms with van der Waals surface area (Å²) < 4.78 is 10.4. The first kappa shape index (κ1) is 19.8. The summed E-state index contributed by atoms with van der Waals surface area (Å²) in [6.45, 7) is 0.265. The van der Waals surface area contributed by atoms with Crippen LogP contribution in [0.15, 0.2) is 60.9 Å². The molecule has 0 fully saturated rings. The monoisotopic (exact) mass is 392 g/mol. The molecule has 0 spiro atoms. The maximum Gasteiger partial charge on any atom is 0.270 e. The number of benzene rings is 1. The normalized spacial score (nSPS) is 10.1. The summed E-state index contributed by atoms with van der Waals surface area (Å²) in [7, 11) is 3.05. The van der Waals surface area contributed by atoms with E-state index < -0.39 is 11.8 Å². The standard InChI is InChI=1S/C21H20N4O4/c1-28-16-6-7-17(19(12-16)29-2)25-20(26)14-8-10-23-18(11-14)21(27)24-13-15-5-3-4-9-22-15/h3-12H,13H2,1-2H3,(H,24,27)(H,25,26). The van der Waals surface area contributed by atoms with Crippen LogP contribution < -0.4 is 20.1 Å². The molecule has 0 aliphatic rings. The Hall–Kier alpha value is -3.94. The molecule has 29 heavy (non-hydrogen) atoms. The molecule has 3 rings (SSSR count). The number of anilines is 1. The molecular weight excluding hydrogens is 372 g/mol. The molecule has 0 radical (unpaired) electrons. The number of hydrogen-bond donors (Lipinski definition) is 2. The van der Waals surface area contributed by atoms with E-state index in [4.69, 9.17) is 9.47 Å². The highest BCUT2D eigenvalue weighted by Crippen LogP contribution is 2.29. The average molecular weight is 392 g/mol. The van der Waals surface area contributed by atoms with E-state index in [1.807, 2.05) is 6.07 Å². The number of amides is 2. The Bertz CT molecular complexity index is 1010. The van der Waals surface area contributed by atoms with Gasteiger partial charge in [0, 0.05) is 24.0 Å². The number of ether oxygens (including phenoxy) is 2. The Morgan fingerprint density at radius 3 is 2.52 bits per heavy atom. The molecule has 2 heterocycles. The van der Waals surface area contributed by atoms with Gasteiger partial charge in [0.25, 0.3) is 11.8 Å². The maximum atomic E-state index is 12.6. The maximum absolute atomic E-state index is 12.6. The fourth-order valence-electron chi connectivity index (χ4n) is 2.56. The summed E-state index contributed by atoms with van der Waals surface area (Å²) in [5.74, 6) is 0.276. The molecule has 0 bridgehead atoms. The molecule has 0 aliphatic heterocycles. The number of hydrogen-bond acceptors (Lipinski definition) is 6. The number of pyridine rings is 2. The van der Waals surface area contributed by atoms with Gasteiger partial charge in [-0.25, -0.2) is 0 Å². The predicted octanol–water partition coefficient (Wildman–Crippen LogP) is 2.68. The molecule has 0 saturated carbocycles. The van der Waals surface area contributed by atoms with Crippen LogP contribution in [0.3, 0.4) is 0 Å². The number of nitrogens with zero attached hydrogens (tertiary/aromatic N) is 2. The highest BCUT2D eigenvalue weighted by Gasteiger charge is 2.14. The molecule has 0 atom stereocenters. The molecule has 2 N–H and O–H groups in total. The van der Waals surface area contributed by atoms with Crippen LogP contribution in [-0.2, 0) is 6.54 Å². The van der Waals surface area contributed by atoms with E-state index in [1.165, 1.54) is 25.4 Å². The van der Waals surface area contributed by atoms with Crippen molar-refractivity contribution in [2.24, 2.45) is 0 Å². The Morgan fingerprint density at radius 1 is 0.931 bits per heavy atom. The van der Waals surface area contributed by atoms with Crippen molar-refractivity contribution in [3.63, 3.8) is 0 Å². The minimum Gasteiger partial charge on any atom is -0.497 e. The van der Waals surface area contributed by atoms with Gasteiger partial charge in [-0.15, -0.1) is 0 Å². The van der Waals surface area contributed by atoms with Crippen molar-refractivity contribution in [1.29, 1.82) is 0 Å². The van der Waals surface area contributed by atoms with Gasteiger partial charge in [-0.3, -0.25) is 19.6 Å². The average Bonchev–Trinajstić information content (AvgIpc) is 2.78. The molecular formula is C21H20N4O4. The van der Waals surface area contributed by atoms with E-state index in [0.717, 1.165) is 5.69 Å². The van der Waals surface area contributed by atoms with Gasteiger partial charge in [0.1, 0.15) is 17.2 Å². The molecule has 2 amide bonds. The second-order valence-corrected chi connectivity index (χ2v) is 5.95. The lowest BCUT2D eigenvalue weighted by atomic mass is 10.2. The van der Waals surface area contributed by atoms with Crippen molar-refractivity contribution < 1.29 is 19.1 Å². The second kappa shape index (κ2) is 9.32. The summed E-state index contributed by atoms with van der Waals surface area (Å²) in [6.07, 6.45) is 3.06. The number of carbonyl (C=O) groups is 2. The molecule has 148 valence electrons. The lowest BCUT2D eigenvalue weighted by Crippen LogP contribution is -2.25. The fraction of sp³-hybridized carbons (Fsp3) is 0.143. The van der Waals surface area contributed by atoms with Gasteiger partial charge in [0.2, 0.25) is 0 Å². The number of methoxy groups -OCH3 is 2. The Labute approximate surface area is 167 Å². The summed E-state index contributed by atoms with van der Waals surface area (Å²) in [5, 5.41) is 5.50. The van der Waals surface area contributed by atoms with Crippen LogP contribution >= 0.6 is 0 Å². The topological polar surface area (TPSA) is 102 Å². The van der Waals surface area contributed by atoms with Crippen LogP contribution in [0.1, 0.15) is 26.5 Å². The molecule has 3 aromatic rings. The van der Waals surface area contributed by atoms with Crippen molar-refractivity contribution in [2.75, 3.05) is 19.5 Å². The van der Waals surface area contributed by atoms with Gasteiger partial charge in [0.15, 0.2) is 0 Å². The van der Waals surface area contributed by atoms with Crippen molar-refractivity contribution in [1.82, 2.24) is 15.3 Å². The first-order valence-corrected chi connectivity index (χ1v) is 8.78. The largest absolute Gasteiger partial charge is 0.497 e. The van der Waals surface area contributed by atoms with Gasteiger partial charge in [-0.1, -0.05) is 6.07 Å². The van der Waals surface area contributed by atoms with Gasteiger partial charge in [0.05, 0.1) is 32.1 Å². The molecule has 2 aromatic heterocycles. The summed E-state index contributed by atoms with van der Waals surface area (Å²) in [4.78, 5) is 33.2. The zero-order valence-corrected chi connectivity index (χ0v) is 16.0. The van der Waals surface area contributed by atoms with E-state index in [0.29, 0.717) is 22.7 Å². The molecule has 0 unspecified atom stereocenters. The number of nitrogens with one attached hydrogen (secondary N) is 2. The van der Waals surface area contributed by atoms with Gasteiger partial charge >= 0.3 is 0 Å². The smallest absolute Gasteiger partial charge is 0.270 e. The van der Waals surface area contributed by atoms with Crippen LogP contribution in [0.4, 0.5) is 5.69 Å². The van der Waals surface area contributed by atoms with Crippen LogP contribution in [0.2, 0.25) is 0 Å². The third-order valence-electron chi connectivity index (χ3n) is 4.07. The molecule has 0 aliphatic carbocycles. The first-order chi connectivity index (χ1) is 14.1. The Kier molecular flexibility index (Phi) is 6.36. The number of rotatable bonds is 7. The molecule has 8 heteroatoms. The highest BCUT2D eigenvalue weighted by molar-refractivity contribution is 6.06. The number of aromatic nitrogens is 2. The third-order valence-corrected chi connectivity index (χ3v) is 4.07. The van der Waals surface area contributed by atoms with E-state index in [9.17, 15) is 9.59 Å². The highest BCUT2D eigenvalue weighted by atomic mass is 16.5. The van der Waals surface area contributed by atoms with Gasteiger partial charge in [-0.05, 0) is 36.4 Å². The minimum atomic E-state index is -0.396. The zero-order valence-electron chi connectivity index (χ0n) is 16.0. The second-order valence-electron chi connectivity index (χ2n) is 5.95. The third kappa shape index (κ3) is 5.07. The number of carbonyl (C=O) groups excluding carboxylic acids is 2. The summed E-state index contributed by atoms with van der Waals surface area (Å²) in [5.41, 5.74) is 1.63. The molecule has 8 nitrogen and oxygen atoms in total. The SMILES string of the molecule is COc1ccc(NC(=O)c2ccnc(C(=O)NCc3ccccn3)c2)c(OC)c1. The van der Waals surface area contributed by atoms with Crippen molar-refractivity contribution >= 4 is 17.5 Å². The van der Waals surface area contributed by atoms with Crippen molar-refractivity contribution in [2.45, 2.75) is 6.54 Å². The Morgan fingerprint density at radius 2 is 1.79 bits per heavy atom. The first-order valence-electron chi connectivity index (χ1n) is 8.78. The quantitative estimate of drug-likeness (QED) is 0.641. The Balaban J connectivity index is 1.70. The lowest BCUT2D eigenvalue weighted by Gasteiger charge is -2.12. The van der Waals surface area contributed by atoms with Crippen LogP contribution in [0, 0.1) is 0 Å². The fourth-order valence-corrected chi connectivity index (χ4v) is 2.56. The van der Waals surface area contributed by atoms with Crippen molar-refractivity contribution in [3.05, 3.63) is 77.9 Å². The zero-order chi connectivity index (χ0) is 20.6. The van der Waals surface area contributed by atoms with Crippen molar-refractivity contribution in [3.8, 4) is 11.5 Å². The predicted molar refractivity (Wildman–Crippen MR) is 107 cm³/mol. The van der Waals surface area contributed by atoms with Crippen LogP contribution in [-0.4, -0.2) is 36.0 Å². The van der Waals surface area contributed by atoms with Gasteiger partial charge in [-0.2, -0.15) is 0 Å². The molecule has 0 saturated heterocycles. The van der Waals surface area contributed by atoms with Crippen LogP contribution in [0.5, 0.6) is 11.5 Å². The van der Waals surface area contributed by atoms with E-state index in [2.05, 4.69) is 20.6 Å². The van der Waals surface area contributed by atoms with Gasteiger partial charge < -0.3 is 20.1 Å². The van der Waals surface area contributed by atoms with E-state index in [-0.39, 0.29) is 12.2 Å². The van der Waals surface area contributed by atoms with E-state index >= 15 is 0 Å². The minimum absolute atomic E-state index is 0.135. The van der Waals surface area contributed by atoms with Crippen LogP contribution in [0.25, 0.3) is 0 Å². The van der Waals surface area contributed by atoms with E-state index in [1.54, 1.807) is 43.6 Å². The summed E-state index contributed by atoms with van der Waals surface area (Å²) >= 11 is 0. The lowest BCUT2D eigenvalue weighted by molar-refractivity contribution is 0.0945. The molecule has 1 aromatic carbocycles. The summed E-state index contributed by atoms with van der Waals surface area (Å²) in [6, 6.07) is 13.5.